The number of amides is 1. The van der Waals surface area contributed by atoms with Crippen molar-refractivity contribution in [2.24, 2.45) is 11.7 Å². The number of likely N-dealkylation sites (tertiary alicyclic amines) is 1. The Morgan fingerprint density at radius 3 is 2.42 bits per heavy atom. The molecule has 2 fully saturated rings. The average Bonchev–Trinajstić information content (AvgIpc) is 3.00. The lowest BCUT2D eigenvalue weighted by molar-refractivity contribution is -0.137. The van der Waals surface area contributed by atoms with Crippen LogP contribution in [-0.2, 0) is 11.0 Å². The summed E-state index contributed by atoms with van der Waals surface area (Å²) in [6, 6.07) is 5.70. The Kier molecular flexibility index (Phi) is 4.85. The van der Waals surface area contributed by atoms with Crippen molar-refractivity contribution in [3.63, 3.8) is 0 Å². The second kappa shape index (κ2) is 6.75. The third-order valence-electron chi connectivity index (χ3n) is 5.31. The van der Waals surface area contributed by atoms with Crippen molar-refractivity contribution in [3.8, 4) is 0 Å². The number of benzene rings is 1. The van der Waals surface area contributed by atoms with Gasteiger partial charge in [-0.3, -0.25) is 4.79 Å². The molecule has 1 aliphatic heterocycles. The first kappa shape index (κ1) is 17.3. The van der Waals surface area contributed by atoms with Gasteiger partial charge in [0.2, 0.25) is 5.91 Å². The molecule has 3 rings (SSSR count). The lowest BCUT2D eigenvalue weighted by atomic mass is 9.88. The van der Waals surface area contributed by atoms with Crippen molar-refractivity contribution < 1.29 is 18.0 Å². The van der Waals surface area contributed by atoms with E-state index in [9.17, 15) is 18.0 Å². The van der Waals surface area contributed by atoms with Crippen molar-refractivity contribution in [3.05, 3.63) is 35.4 Å². The number of nitrogens with zero attached hydrogens (tertiary/aromatic N) is 1. The summed E-state index contributed by atoms with van der Waals surface area (Å²) in [5.41, 5.74) is 6.00. The number of hydrogen-bond donors (Lipinski definition) is 1. The van der Waals surface area contributed by atoms with Crippen LogP contribution in [0.4, 0.5) is 13.2 Å². The van der Waals surface area contributed by atoms with Crippen LogP contribution in [0.25, 0.3) is 0 Å². The number of carbonyl (C=O) groups is 1. The van der Waals surface area contributed by atoms with Gasteiger partial charge in [0.25, 0.3) is 0 Å². The molecule has 1 heterocycles. The molecule has 24 heavy (non-hydrogen) atoms. The van der Waals surface area contributed by atoms with Crippen molar-refractivity contribution in [2.75, 3.05) is 13.1 Å². The van der Waals surface area contributed by atoms with Crippen molar-refractivity contribution >= 4 is 5.91 Å². The highest BCUT2D eigenvalue weighted by Gasteiger charge is 2.34. The summed E-state index contributed by atoms with van der Waals surface area (Å²) in [7, 11) is 0. The zero-order chi connectivity index (χ0) is 17.3. The minimum absolute atomic E-state index is 0.0325. The van der Waals surface area contributed by atoms with E-state index in [1.165, 1.54) is 12.1 Å². The van der Waals surface area contributed by atoms with Crippen molar-refractivity contribution in [1.29, 1.82) is 0 Å². The molecule has 1 amide bonds. The zero-order valence-corrected chi connectivity index (χ0v) is 13.6. The van der Waals surface area contributed by atoms with E-state index in [-0.39, 0.29) is 23.8 Å². The molecule has 0 bridgehead atoms. The molecule has 6 heteroatoms. The zero-order valence-electron chi connectivity index (χ0n) is 13.6. The van der Waals surface area contributed by atoms with Gasteiger partial charge in [0, 0.05) is 25.0 Å². The minimum atomic E-state index is -4.31. The van der Waals surface area contributed by atoms with Gasteiger partial charge in [0.15, 0.2) is 0 Å². The monoisotopic (exact) mass is 340 g/mol. The van der Waals surface area contributed by atoms with E-state index >= 15 is 0 Å². The third kappa shape index (κ3) is 3.74. The molecule has 0 radical (unpaired) electrons. The molecule has 132 valence electrons. The van der Waals surface area contributed by atoms with Crippen LogP contribution in [0.5, 0.6) is 0 Å². The summed E-state index contributed by atoms with van der Waals surface area (Å²) in [5.74, 6) is 0.290. The standard InChI is InChI=1S/C18H23F3N2O/c19-18(20,21)15-3-1-2-13(10-15)12-6-8-23(9-7-12)17(24)14-4-5-16(22)11-14/h1-3,10,12,14,16H,4-9,11,22H2. The first-order chi connectivity index (χ1) is 11.3. The highest BCUT2D eigenvalue weighted by atomic mass is 19.4. The number of halogens is 3. The quantitative estimate of drug-likeness (QED) is 0.895. The van der Waals surface area contributed by atoms with Gasteiger partial charge in [-0.1, -0.05) is 18.2 Å². The highest BCUT2D eigenvalue weighted by molar-refractivity contribution is 5.79. The Hall–Kier alpha value is -1.56. The Morgan fingerprint density at radius 1 is 1.12 bits per heavy atom. The summed E-state index contributed by atoms with van der Waals surface area (Å²) >= 11 is 0. The summed E-state index contributed by atoms with van der Waals surface area (Å²) in [6.07, 6.45) is -0.372. The maximum Gasteiger partial charge on any atom is 0.416 e. The molecule has 0 spiro atoms. The number of carbonyl (C=O) groups excluding carboxylic acids is 1. The molecule has 1 aromatic carbocycles. The highest BCUT2D eigenvalue weighted by Crippen LogP contribution is 2.35. The SMILES string of the molecule is NC1CCC(C(=O)N2CCC(c3cccc(C(F)(F)F)c3)CC2)C1. The summed E-state index contributed by atoms with van der Waals surface area (Å²) < 4.78 is 38.5. The summed E-state index contributed by atoms with van der Waals surface area (Å²) in [5, 5.41) is 0. The van der Waals surface area contributed by atoms with Gasteiger partial charge < -0.3 is 10.6 Å². The molecule has 1 saturated carbocycles. The van der Waals surface area contributed by atoms with Crippen molar-refractivity contribution in [2.45, 2.75) is 50.2 Å². The van der Waals surface area contributed by atoms with Gasteiger partial charge in [-0.05, 0) is 49.7 Å². The second-order valence-electron chi connectivity index (χ2n) is 6.99. The molecule has 0 aromatic heterocycles. The molecule has 2 N–H and O–H groups in total. The molecule has 1 aromatic rings. The van der Waals surface area contributed by atoms with E-state index in [1.807, 2.05) is 4.90 Å². The topological polar surface area (TPSA) is 46.3 Å². The largest absolute Gasteiger partial charge is 0.416 e. The third-order valence-corrected chi connectivity index (χ3v) is 5.31. The van der Waals surface area contributed by atoms with Gasteiger partial charge in [-0.25, -0.2) is 0 Å². The van der Waals surface area contributed by atoms with E-state index < -0.39 is 11.7 Å². The molecule has 2 aliphatic rings. The molecule has 3 nitrogen and oxygen atoms in total. The maximum atomic E-state index is 12.8. The van der Waals surface area contributed by atoms with Crippen LogP contribution < -0.4 is 5.73 Å². The summed E-state index contributed by atoms with van der Waals surface area (Å²) in [4.78, 5) is 14.4. The van der Waals surface area contributed by atoms with Gasteiger partial charge >= 0.3 is 6.18 Å². The first-order valence-electron chi connectivity index (χ1n) is 8.56. The summed E-state index contributed by atoms with van der Waals surface area (Å²) in [6.45, 7) is 1.23. The smallest absolute Gasteiger partial charge is 0.342 e. The fraction of sp³-hybridized carbons (Fsp3) is 0.611. The van der Waals surface area contributed by atoms with Gasteiger partial charge in [0.05, 0.1) is 5.56 Å². The Labute approximate surface area is 140 Å². The molecular formula is C18H23F3N2O. The second-order valence-corrected chi connectivity index (χ2v) is 6.99. The van der Waals surface area contributed by atoms with Crippen molar-refractivity contribution in [1.82, 2.24) is 4.90 Å². The van der Waals surface area contributed by atoms with E-state index in [0.717, 1.165) is 30.9 Å². The van der Waals surface area contributed by atoms with Gasteiger partial charge in [-0.2, -0.15) is 13.2 Å². The average molecular weight is 340 g/mol. The fourth-order valence-corrected chi connectivity index (χ4v) is 3.90. The van der Waals surface area contributed by atoms with E-state index in [0.29, 0.717) is 25.9 Å². The van der Waals surface area contributed by atoms with Crippen LogP contribution in [-0.4, -0.2) is 29.9 Å². The van der Waals surface area contributed by atoms with E-state index in [1.54, 1.807) is 6.07 Å². The molecule has 1 aliphatic carbocycles. The Balaban J connectivity index is 1.60. The molecule has 2 atom stereocenters. The lowest BCUT2D eigenvalue weighted by Crippen LogP contribution is -2.41. The molecular weight excluding hydrogens is 317 g/mol. The van der Waals surface area contributed by atoms with Crippen LogP contribution in [0.2, 0.25) is 0 Å². The minimum Gasteiger partial charge on any atom is -0.342 e. The predicted molar refractivity (Wildman–Crippen MR) is 85.3 cm³/mol. The van der Waals surface area contributed by atoms with Crippen LogP contribution in [0, 0.1) is 5.92 Å². The van der Waals surface area contributed by atoms with Gasteiger partial charge in [0.1, 0.15) is 0 Å². The van der Waals surface area contributed by atoms with Crippen LogP contribution >= 0.6 is 0 Å². The maximum absolute atomic E-state index is 12.8. The normalized spacial score (nSPS) is 25.9. The first-order valence-corrected chi connectivity index (χ1v) is 8.56. The molecule has 2 unspecified atom stereocenters. The predicted octanol–water partition coefficient (Wildman–Crippen LogP) is 3.54. The van der Waals surface area contributed by atoms with Crippen LogP contribution in [0.1, 0.15) is 49.1 Å². The number of nitrogens with two attached hydrogens (primary N) is 1. The number of hydrogen-bond acceptors (Lipinski definition) is 2. The number of alkyl halides is 3. The van der Waals surface area contributed by atoms with Crippen LogP contribution in [0.3, 0.4) is 0 Å². The Morgan fingerprint density at radius 2 is 1.83 bits per heavy atom. The fourth-order valence-electron chi connectivity index (χ4n) is 3.90. The van der Waals surface area contributed by atoms with E-state index in [4.69, 9.17) is 5.73 Å². The Bertz CT molecular complexity index is 594. The number of piperidine rings is 1. The molecule has 1 saturated heterocycles. The lowest BCUT2D eigenvalue weighted by Gasteiger charge is -2.34. The number of rotatable bonds is 2. The van der Waals surface area contributed by atoms with E-state index in [2.05, 4.69) is 0 Å². The van der Waals surface area contributed by atoms with Crippen LogP contribution in [0.15, 0.2) is 24.3 Å². The van der Waals surface area contributed by atoms with Gasteiger partial charge in [-0.15, -0.1) is 0 Å².